The number of hydrogen-bond donors (Lipinski definition) is 1. The van der Waals surface area contributed by atoms with E-state index in [1.165, 1.54) is 0 Å². The van der Waals surface area contributed by atoms with Crippen LogP contribution in [-0.2, 0) is 16.1 Å². The topological polar surface area (TPSA) is 55.6 Å². The lowest BCUT2D eigenvalue weighted by Crippen LogP contribution is -2.36. The molecule has 19 heavy (non-hydrogen) atoms. The maximum absolute atomic E-state index is 12.4. The van der Waals surface area contributed by atoms with E-state index in [0.29, 0.717) is 19.8 Å². The SMILES string of the molecule is CCCN(Cc1ccc(N)cc1)C(=O)C1CCOC1. The Bertz CT molecular complexity index is 411. The van der Waals surface area contributed by atoms with E-state index in [9.17, 15) is 4.79 Å². The molecule has 2 N–H and O–H groups in total. The van der Waals surface area contributed by atoms with Crippen LogP contribution in [0.2, 0.25) is 0 Å². The van der Waals surface area contributed by atoms with Crippen molar-refractivity contribution in [2.24, 2.45) is 5.92 Å². The van der Waals surface area contributed by atoms with Gasteiger partial charge in [-0.1, -0.05) is 19.1 Å². The summed E-state index contributed by atoms with van der Waals surface area (Å²) >= 11 is 0. The predicted molar refractivity (Wildman–Crippen MR) is 75.5 cm³/mol. The van der Waals surface area contributed by atoms with Crippen molar-refractivity contribution in [2.45, 2.75) is 26.3 Å². The molecule has 104 valence electrons. The molecule has 4 nitrogen and oxygen atoms in total. The van der Waals surface area contributed by atoms with E-state index in [2.05, 4.69) is 6.92 Å². The molecular weight excluding hydrogens is 240 g/mol. The Labute approximate surface area is 114 Å². The maximum atomic E-state index is 12.4. The van der Waals surface area contributed by atoms with Crippen LogP contribution in [0.25, 0.3) is 0 Å². The van der Waals surface area contributed by atoms with Crippen LogP contribution in [0.1, 0.15) is 25.3 Å². The second kappa shape index (κ2) is 6.57. The molecule has 1 atom stereocenters. The molecule has 0 spiro atoms. The van der Waals surface area contributed by atoms with Crippen LogP contribution in [0.5, 0.6) is 0 Å². The van der Waals surface area contributed by atoms with E-state index in [1.807, 2.05) is 29.2 Å². The number of nitrogens with zero attached hydrogens (tertiary/aromatic N) is 1. The molecule has 0 radical (unpaired) electrons. The monoisotopic (exact) mass is 262 g/mol. The van der Waals surface area contributed by atoms with Gasteiger partial charge in [0.15, 0.2) is 0 Å². The Hall–Kier alpha value is -1.55. The summed E-state index contributed by atoms with van der Waals surface area (Å²) in [5.41, 5.74) is 7.55. The molecule has 0 saturated carbocycles. The fourth-order valence-corrected chi connectivity index (χ4v) is 2.37. The minimum Gasteiger partial charge on any atom is -0.399 e. The zero-order valence-electron chi connectivity index (χ0n) is 11.5. The van der Waals surface area contributed by atoms with Crippen LogP contribution in [0.3, 0.4) is 0 Å². The predicted octanol–water partition coefficient (Wildman–Crippen LogP) is 2.04. The van der Waals surface area contributed by atoms with Crippen molar-refractivity contribution in [1.82, 2.24) is 4.90 Å². The highest BCUT2D eigenvalue weighted by molar-refractivity contribution is 5.79. The van der Waals surface area contributed by atoms with Crippen molar-refractivity contribution < 1.29 is 9.53 Å². The molecule has 4 heteroatoms. The number of ether oxygens (including phenoxy) is 1. The van der Waals surface area contributed by atoms with E-state index in [-0.39, 0.29) is 11.8 Å². The fourth-order valence-electron chi connectivity index (χ4n) is 2.37. The van der Waals surface area contributed by atoms with E-state index in [1.54, 1.807) is 0 Å². The quantitative estimate of drug-likeness (QED) is 0.826. The summed E-state index contributed by atoms with van der Waals surface area (Å²) < 4.78 is 5.31. The number of carbonyl (C=O) groups is 1. The fraction of sp³-hybridized carbons (Fsp3) is 0.533. The molecule has 1 aromatic carbocycles. The Morgan fingerprint density at radius 1 is 1.42 bits per heavy atom. The summed E-state index contributed by atoms with van der Waals surface area (Å²) in [5, 5.41) is 0. The van der Waals surface area contributed by atoms with Gasteiger partial charge in [0.25, 0.3) is 0 Å². The van der Waals surface area contributed by atoms with Gasteiger partial charge in [0.05, 0.1) is 12.5 Å². The first-order valence-corrected chi connectivity index (χ1v) is 6.91. The number of nitrogens with two attached hydrogens (primary N) is 1. The lowest BCUT2D eigenvalue weighted by molar-refractivity contribution is -0.136. The highest BCUT2D eigenvalue weighted by atomic mass is 16.5. The van der Waals surface area contributed by atoms with Crippen molar-refractivity contribution in [3.8, 4) is 0 Å². The van der Waals surface area contributed by atoms with E-state index >= 15 is 0 Å². The van der Waals surface area contributed by atoms with Crippen molar-refractivity contribution in [2.75, 3.05) is 25.5 Å². The van der Waals surface area contributed by atoms with Crippen LogP contribution in [0, 0.1) is 5.92 Å². The summed E-state index contributed by atoms with van der Waals surface area (Å²) in [6, 6.07) is 7.72. The van der Waals surface area contributed by atoms with E-state index < -0.39 is 0 Å². The highest BCUT2D eigenvalue weighted by Crippen LogP contribution is 2.18. The molecule has 1 aliphatic heterocycles. The van der Waals surface area contributed by atoms with Crippen molar-refractivity contribution in [1.29, 1.82) is 0 Å². The third kappa shape index (κ3) is 3.70. The highest BCUT2D eigenvalue weighted by Gasteiger charge is 2.27. The van der Waals surface area contributed by atoms with Crippen molar-refractivity contribution in [3.63, 3.8) is 0 Å². The summed E-state index contributed by atoms with van der Waals surface area (Å²) in [5.74, 6) is 0.261. The van der Waals surface area contributed by atoms with Gasteiger partial charge in [-0.3, -0.25) is 4.79 Å². The second-order valence-corrected chi connectivity index (χ2v) is 5.06. The zero-order valence-corrected chi connectivity index (χ0v) is 11.5. The van der Waals surface area contributed by atoms with Crippen molar-refractivity contribution in [3.05, 3.63) is 29.8 Å². The largest absolute Gasteiger partial charge is 0.399 e. The summed E-state index contributed by atoms with van der Waals surface area (Å²) in [4.78, 5) is 14.4. The minimum absolute atomic E-state index is 0.0420. The van der Waals surface area contributed by atoms with Crippen LogP contribution < -0.4 is 5.73 Å². The minimum atomic E-state index is 0.0420. The maximum Gasteiger partial charge on any atom is 0.228 e. The smallest absolute Gasteiger partial charge is 0.228 e. The molecule has 0 aliphatic carbocycles. The molecule has 1 unspecified atom stereocenters. The van der Waals surface area contributed by atoms with Crippen molar-refractivity contribution >= 4 is 11.6 Å². The lowest BCUT2D eigenvalue weighted by Gasteiger charge is -2.25. The van der Waals surface area contributed by atoms with Gasteiger partial charge in [-0.2, -0.15) is 0 Å². The number of rotatable bonds is 5. The summed E-state index contributed by atoms with van der Waals surface area (Å²) in [6.07, 6.45) is 1.81. The third-order valence-electron chi connectivity index (χ3n) is 3.44. The Kier molecular flexibility index (Phi) is 4.80. The van der Waals surface area contributed by atoms with Gasteiger partial charge in [0, 0.05) is 25.4 Å². The van der Waals surface area contributed by atoms with Gasteiger partial charge in [-0.25, -0.2) is 0 Å². The number of anilines is 1. The first kappa shape index (κ1) is 13.9. The average Bonchev–Trinajstić information content (AvgIpc) is 2.94. The second-order valence-electron chi connectivity index (χ2n) is 5.06. The molecule has 2 rings (SSSR count). The number of amides is 1. The van der Waals surface area contributed by atoms with Crippen LogP contribution >= 0.6 is 0 Å². The van der Waals surface area contributed by atoms with E-state index in [4.69, 9.17) is 10.5 Å². The normalized spacial score (nSPS) is 18.5. The number of benzene rings is 1. The number of nitrogen functional groups attached to an aromatic ring is 1. The summed E-state index contributed by atoms with van der Waals surface area (Å²) in [6.45, 7) is 4.82. The van der Waals surface area contributed by atoms with Gasteiger partial charge >= 0.3 is 0 Å². The third-order valence-corrected chi connectivity index (χ3v) is 3.44. The molecule has 1 amide bonds. The number of hydrogen-bond acceptors (Lipinski definition) is 3. The zero-order chi connectivity index (χ0) is 13.7. The first-order valence-electron chi connectivity index (χ1n) is 6.91. The van der Waals surface area contributed by atoms with Gasteiger partial charge in [-0.15, -0.1) is 0 Å². The number of carbonyl (C=O) groups excluding carboxylic acids is 1. The van der Waals surface area contributed by atoms with Gasteiger partial charge in [0.2, 0.25) is 5.91 Å². The van der Waals surface area contributed by atoms with E-state index in [0.717, 1.165) is 30.6 Å². The molecule has 1 aromatic rings. The molecule has 1 fully saturated rings. The Morgan fingerprint density at radius 3 is 2.74 bits per heavy atom. The van der Waals surface area contributed by atoms with Gasteiger partial charge in [-0.05, 0) is 30.5 Å². The van der Waals surface area contributed by atoms with Gasteiger partial charge < -0.3 is 15.4 Å². The average molecular weight is 262 g/mol. The lowest BCUT2D eigenvalue weighted by atomic mass is 10.1. The molecule has 1 heterocycles. The Balaban J connectivity index is 2.02. The van der Waals surface area contributed by atoms with Gasteiger partial charge in [0.1, 0.15) is 0 Å². The molecule has 1 aliphatic rings. The van der Waals surface area contributed by atoms with Crippen LogP contribution in [0.4, 0.5) is 5.69 Å². The first-order chi connectivity index (χ1) is 9.20. The standard InChI is InChI=1S/C15H22N2O2/c1-2-8-17(15(18)13-7-9-19-11-13)10-12-3-5-14(16)6-4-12/h3-6,13H,2,7-11,16H2,1H3. The van der Waals surface area contributed by atoms with Crippen LogP contribution in [0.15, 0.2) is 24.3 Å². The molecule has 1 saturated heterocycles. The Morgan fingerprint density at radius 2 is 2.16 bits per heavy atom. The molecule has 0 bridgehead atoms. The van der Waals surface area contributed by atoms with Crippen LogP contribution in [-0.4, -0.2) is 30.6 Å². The molecular formula is C15H22N2O2. The molecule has 0 aromatic heterocycles. The summed E-state index contributed by atoms with van der Waals surface area (Å²) in [7, 11) is 0.